The molecule has 8 aliphatic rings. The molecule has 0 aromatic heterocycles. The summed E-state index contributed by atoms with van der Waals surface area (Å²) in [6.07, 6.45) is -18.7. The van der Waals surface area contributed by atoms with E-state index in [1.165, 1.54) is 25.2 Å². The molecule has 0 saturated carbocycles. The molecule has 18 unspecified atom stereocenters. The number of hydroxylamine groups is 1. The van der Waals surface area contributed by atoms with Gasteiger partial charge in [0.1, 0.15) is 95.5 Å². The quantitative estimate of drug-likeness (QED) is 0.0454. The fourth-order valence-electron chi connectivity index (χ4n) is 15.4. The van der Waals surface area contributed by atoms with Crippen LogP contribution in [0.2, 0.25) is 20.1 Å². The number of carbonyl (C=O) groups is 9. The average molecular weight is 1790 g/mol. The van der Waals surface area contributed by atoms with Gasteiger partial charge in [0.25, 0.3) is 5.91 Å². The van der Waals surface area contributed by atoms with Crippen LogP contribution in [0.1, 0.15) is 111 Å². The molecule has 11 bridgehead atoms. The minimum atomic E-state index is -2.37. The number of aliphatic hydroxyl groups is 6. The van der Waals surface area contributed by atoms with Crippen molar-refractivity contribution in [2.24, 2.45) is 11.7 Å². The number of hydrogen-bond donors (Lipinski definition) is 20. The van der Waals surface area contributed by atoms with Crippen LogP contribution in [0.15, 0.2) is 97.1 Å². The highest BCUT2D eigenvalue weighted by Gasteiger charge is 2.52. The number of primary amides is 1. The lowest BCUT2D eigenvalue weighted by atomic mass is 9.85. The molecule has 0 aliphatic carbocycles. The van der Waals surface area contributed by atoms with Crippen LogP contribution in [-0.4, -0.2) is 248 Å². The Morgan fingerprint density at radius 1 is 0.683 bits per heavy atom. The summed E-state index contributed by atoms with van der Waals surface area (Å²) < 4.78 is 39.6. The van der Waals surface area contributed by atoms with Gasteiger partial charge in [0, 0.05) is 68.4 Å². The zero-order valence-electron chi connectivity index (χ0n) is 66.9. The fraction of sp³-hybridized carbons (Fsp3) is 0.444. The molecule has 38 nitrogen and oxygen atoms in total. The van der Waals surface area contributed by atoms with Crippen LogP contribution in [0, 0.1) is 5.92 Å². The van der Waals surface area contributed by atoms with E-state index in [0.717, 1.165) is 67.8 Å². The van der Waals surface area contributed by atoms with Crippen molar-refractivity contribution in [1.82, 2.24) is 63.3 Å². The number of fused-ring (bicyclic) bond motifs is 15. The Balaban J connectivity index is 0.981. The number of phenolic OH excluding ortho intramolecular Hbond substituents is 3. The largest absolute Gasteiger partial charge is 0.508 e. The Labute approximate surface area is 723 Å². The van der Waals surface area contributed by atoms with Crippen molar-refractivity contribution in [3.63, 3.8) is 0 Å². The number of halogens is 4. The van der Waals surface area contributed by atoms with Crippen molar-refractivity contribution in [3.8, 4) is 57.1 Å². The first-order chi connectivity index (χ1) is 58.4. The Morgan fingerprint density at radius 2 is 1.33 bits per heavy atom. The highest BCUT2D eigenvalue weighted by molar-refractivity contribution is 6.42. The second kappa shape index (κ2) is 39.4. The van der Waals surface area contributed by atoms with E-state index < -0.39 is 237 Å². The molecule has 14 rings (SSSR count). The molecule has 8 heterocycles. The second-order valence-corrected chi connectivity index (χ2v) is 32.8. The lowest BCUT2D eigenvalue weighted by Gasteiger charge is -2.48. The van der Waals surface area contributed by atoms with Gasteiger partial charge >= 0.3 is 0 Å². The standard InChI is InChI=1S/C81H95Cl4N13O25/c1-34(2)21-48(87-5)73(110)93-64-66(105)38-9-13-52(46(84)25-38)119-54-27-40-28-55(70(54)123-80-71(69(108)68(107)56(33-99)121-80)122-59-32-81(4,72(109)35(3)118-59)88-15-16-97-17-19-98(20-18-97)95-58(104)23-36-7-11-44(82)45(83)22-36)120-53-14-10-39(26-47(53)85)67(106)65-78(115)92-63(79(116)96-117-6)43-29-41(100)30-51(102)60(43)42-24-37(8-12-50(42)101)61(75(112)94-65)91-76(113)62(40)90-74(111)49(31-57(86)103)89-77(64)114/h7-14,22,24-30,34-35,48-49,56,59,61-69,71-72,80,87-88,99-102,105-109H,15-21,23,31-33H2,1-6H3,(H2,86,103)(H,89,114)(H,90,111)(H,91,113)(H,92,115)(H,93,110)(H,94,112)(H,95,104)(H,96,116). The molecule has 6 aromatic rings. The van der Waals surface area contributed by atoms with Crippen LogP contribution in [0.5, 0.6) is 46.0 Å². The first kappa shape index (κ1) is 92.1. The van der Waals surface area contributed by atoms with Gasteiger partial charge in [-0.1, -0.05) is 84.5 Å². The lowest BCUT2D eigenvalue weighted by Crippen LogP contribution is -2.66. The maximum Gasteiger partial charge on any atom is 0.270 e. The molecular formula is C81H95Cl4N13O25. The van der Waals surface area contributed by atoms with Crippen LogP contribution in [0.4, 0.5) is 0 Å². The van der Waals surface area contributed by atoms with Gasteiger partial charge in [0.05, 0.1) is 64.9 Å². The van der Waals surface area contributed by atoms with E-state index in [0.29, 0.717) is 54.9 Å². The normalized spacial score (nSPS) is 27.3. The number of nitrogens with zero attached hydrogens (tertiary/aromatic N) is 2. The van der Waals surface area contributed by atoms with Gasteiger partial charge in [-0.3, -0.25) is 58.3 Å². The van der Waals surface area contributed by atoms with Crippen LogP contribution in [0.3, 0.4) is 0 Å². The average Bonchev–Trinajstić information content (AvgIpc) is 0.765. The van der Waals surface area contributed by atoms with Gasteiger partial charge in [0.15, 0.2) is 23.9 Å². The Bertz CT molecular complexity index is 5000. The number of hydrazine groups is 1. The van der Waals surface area contributed by atoms with Crippen LogP contribution < -0.4 is 73.4 Å². The summed E-state index contributed by atoms with van der Waals surface area (Å²) in [4.78, 5) is 140. The van der Waals surface area contributed by atoms with Crippen molar-refractivity contribution in [2.45, 2.75) is 163 Å². The van der Waals surface area contributed by atoms with Crippen LogP contribution >= 0.6 is 46.4 Å². The van der Waals surface area contributed by atoms with Gasteiger partial charge < -0.3 is 123 Å². The molecule has 8 aliphatic heterocycles. The van der Waals surface area contributed by atoms with E-state index in [9.17, 15) is 65.1 Å². The topological polar surface area (TPSA) is 553 Å². The summed E-state index contributed by atoms with van der Waals surface area (Å²) >= 11 is 26.6. The summed E-state index contributed by atoms with van der Waals surface area (Å²) in [5.41, 5.74) is 7.70. The Kier molecular flexibility index (Phi) is 29.5. The number of amides is 9. The van der Waals surface area contributed by atoms with E-state index in [2.05, 4.69) is 58.3 Å². The number of nitrogens with one attached hydrogen (secondary N) is 10. The number of ether oxygens (including phenoxy) is 6. The molecule has 18 atom stereocenters. The summed E-state index contributed by atoms with van der Waals surface area (Å²) in [5, 5.41) is 129. The van der Waals surface area contributed by atoms with Gasteiger partial charge in [0.2, 0.25) is 59.3 Å². The Morgan fingerprint density at radius 3 is 1.95 bits per heavy atom. The first-order valence-corrected chi connectivity index (χ1v) is 40.7. The highest BCUT2D eigenvalue weighted by atomic mass is 35.5. The Hall–Kier alpha value is -10.0. The van der Waals surface area contributed by atoms with E-state index in [4.69, 9.17) is 85.4 Å². The highest BCUT2D eigenvalue weighted by Crippen LogP contribution is 2.50. The van der Waals surface area contributed by atoms with Crippen LogP contribution in [-0.2, 0) is 68.6 Å². The SMILES string of the molecule is CNC(CC(C)C)C(=O)NC1C(=O)NC(CC(N)=O)C(=O)NC2C(=O)NC3C(=O)NC(C(=O)NC(C(=O)NOC)c4cc(O)cc(O)c4-c4cc3ccc4O)C(O)c3ccc(c(Cl)c3)Oc3cc2cc(c3OC2OC(CO)C(O)C(O)C2OC2CC(C)(NCCN3CCN(NC(=O)Cc4ccc(Cl)c(Cl)c4)CC3)C(O)C(C)O2)Oc2ccc(cc2Cl)C1O. The molecule has 21 N–H and O–H groups in total. The van der Waals surface area contributed by atoms with E-state index in [-0.39, 0.29) is 58.6 Å². The van der Waals surface area contributed by atoms with E-state index in [1.54, 1.807) is 32.0 Å². The summed E-state index contributed by atoms with van der Waals surface area (Å²) in [7, 11) is 2.52. The van der Waals surface area contributed by atoms with Crippen LogP contribution in [0.25, 0.3) is 11.1 Å². The third-order valence-corrected chi connectivity index (χ3v) is 23.2. The third kappa shape index (κ3) is 21.2. The number of hydrogen-bond acceptors (Lipinski definition) is 29. The second-order valence-electron chi connectivity index (χ2n) is 31.2. The summed E-state index contributed by atoms with van der Waals surface area (Å²) in [6.45, 7) is 8.73. The van der Waals surface area contributed by atoms with Gasteiger partial charge in [-0.15, -0.1) is 0 Å². The summed E-state index contributed by atoms with van der Waals surface area (Å²) in [5.74, 6) is -15.4. The summed E-state index contributed by atoms with van der Waals surface area (Å²) in [6, 6.07) is 4.87. The number of nitrogens with two attached hydrogens (primary N) is 1. The molecule has 662 valence electrons. The number of rotatable bonds is 21. The van der Waals surface area contributed by atoms with Gasteiger partial charge in [-0.2, -0.15) is 0 Å². The number of carbonyl (C=O) groups excluding carboxylic acids is 9. The van der Waals surface area contributed by atoms with Crippen molar-refractivity contribution in [1.29, 1.82) is 0 Å². The van der Waals surface area contributed by atoms with Crippen molar-refractivity contribution in [2.75, 3.05) is 60.0 Å². The lowest BCUT2D eigenvalue weighted by molar-refractivity contribution is -0.334. The molecule has 9 amide bonds. The van der Waals surface area contributed by atoms with E-state index in [1.807, 2.05) is 18.9 Å². The van der Waals surface area contributed by atoms with Crippen molar-refractivity contribution in [3.05, 3.63) is 151 Å². The number of phenols is 3. The third-order valence-electron chi connectivity index (χ3n) is 21.9. The minimum Gasteiger partial charge on any atom is -0.508 e. The number of piperazine rings is 1. The zero-order chi connectivity index (χ0) is 88.9. The molecule has 3 saturated heterocycles. The van der Waals surface area contributed by atoms with Gasteiger partial charge in [-0.05, 0) is 133 Å². The minimum absolute atomic E-state index is 0.0666. The predicted molar refractivity (Wildman–Crippen MR) is 437 cm³/mol. The molecule has 6 aromatic carbocycles. The molecular weight excluding hydrogens is 1700 g/mol. The van der Waals surface area contributed by atoms with Gasteiger partial charge in [-0.25, -0.2) is 10.5 Å². The van der Waals surface area contributed by atoms with Crippen molar-refractivity contribution >= 4 is 99.6 Å². The maximum atomic E-state index is 16.3. The maximum absolute atomic E-state index is 16.3. The number of aliphatic hydroxyl groups excluding tert-OH is 6. The molecule has 123 heavy (non-hydrogen) atoms. The number of benzene rings is 6. The van der Waals surface area contributed by atoms with Crippen molar-refractivity contribution < 1.29 is 122 Å². The van der Waals surface area contributed by atoms with E-state index >= 15 is 24.0 Å². The molecule has 42 heteroatoms. The molecule has 3 fully saturated rings. The number of aromatic hydroxyl groups is 3. The predicted octanol–water partition coefficient (Wildman–Crippen LogP) is 1.53. The zero-order valence-corrected chi connectivity index (χ0v) is 70.0. The smallest absolute Gasteiger partial charge is 0.270 e. The molecule has 0 spiro atoms. The fourth-order valence-corrected chi connectivity index (χ4v) is 16.2. The number of likely N-dealkylation sites (N-methyl/N-ethyl adjacent to an activating group) is 1. The first-order valence-electron chi connectivity index (χ1n) is 39.2. The monoisotopic (exact) mass is 1790 g/mol. The molecule has 0 radical (unpaired) electrons.